The third-order valence-electron chi connectivity index (χ3n) is 4.57. The lowest BCUT2D eigenvalue weighted by atomic mass is 9.70. The maximum atomic E-state index is 14.5. The lowest BCUT2D eigenvalue weighted by Gasteiger charge is -2.36. The van der Waals surface area contributed by atoms with E-state index in [2.05, 4.69) is 22.9 Å². The summed E-state index contributed by atoms with van der Waals surface area (Å²) in [5.74, 6) is 0.988. The molecule has 0 heterocycles. The molecule has 0 saturated heterocycles. The SMILES string of the molecule is CCCC1CCC(CN)C(c2ccc(Br)c(Cl)c2F)C1. The van der Waals surface area contributed by atoms with Crippen LogP contribution in [0.15, 0.2) is 16.6 Å². The minimum atomic E-state index is -0.276. The van der Waals surface area contributed by atoms with E-state index >= 15 is 0 Å². The Morgan fingerprint density at radius 2 is 2.15 bits per heavy atom. The smallest absolute Gasteiger partial charge is 0.146 e. The molecule has 1 aromatic carbocycles. The molecule has 112 valence electrons. The zero-order valence-electron chi connectivity index (χ0n) is 11.8. The molecule has 2 rings (SSSR count). The fraction of sp³-hybridized carbons (Fsp3) is 0.625. The molecule has 1 aliphatic carbocycles. The molecule has 0 aromatic heterocycles. The Morgan fingerprint density at radius 1 is 1.40 bits per heavy atom. The summed E-state index contributed by atoms with van der Waals surface area (Å²) >= 11 is 9.31. The van der Waals surface area contributed by atoms with Crippen molar-refractivity contribution in [1.29, 1.82) is 0 Å². The van der Waals surface area contributed by atoms with Crippen molar-refractivity contribution in [3.05, 3.63) is 33.0 Å². The third-order valence-corrected chi connectivity index (χ3v) is 5.82. The molecule has 1 saturated carbocycles. The van der Waals surface area contributed by atoms with Crippen LogP contribution in [0.1, 0.15) is 50.5 Å². The van der Waals surface area contributed by atoms with E-state index in [-0.39, 0.29) is 16.8 Å². The first-order valence-electron chi connectivity index (χ1n) is 7.41. The largest absolute Gasteiger partial charge is 0.330 e. The summed E-state index contributed by atoms with van der Waals surface area (Å²) in [5, 5.41) is 0.191. The van der Waals surface area contributed by atoms with Gasteiger partial charge in [0.15, 0.2) is 0 Å². The first kappa shape index (κ1) is 16.3. The topological polar surface area (TPSA) is 26.0 Å². The first-order valence-corrected chi connectivity index (χ1v) is 8.59. The number of hydrogen-bond donors (Lipinski definition) is 1. The van der Waals surface area contributed by atoms with Gasteiger partial charge in [0.05, 0.1) is 5.02 Å². The molecule has 0 amide bonds. The Labute approximate surface area is 134 Å². The van der Waals surface area contributed by atoms with Gasteiger partial charge >= 0.3 is 0 Å². The van der Waals surface area contributed by atoms with E-state index in [1.807, 2.05) is 12.1 Å². The van der Waals surface area contributed by atoms with Gasteiger partial charge in [-0.05, 0) is 64.7 Å². The zero-order valence-corrected chi connectivity index (χ0v) is 14.2. The van der Waals surface area contributed by atoms with E-state index in [0.717, 1.165) is 18.4 Å². The summed E-state index contributed by atoms with van der Waals surface area (Å²) in [6, 6.07) is 3.71. The van der Waals surface area contributed by atoms with Gasteiger partial charge < -0.3 is 5.73 Å². The van der Waals surface area contributed by atoms with Crippen molar-refractivity contribution in [2.24, 2.45) is 17.6 Å². The van der Waals surface area contributed by atoms with Crippen LogP contribution in [0.25, 0.3) is 0 Å². The molecule has 0 aliphatic heterocycles. The van der Waals surface area contributed by atoms with Gasteiger partial charge in [-0.2, -0.15) is 0 Å². The lowest BCUT2D eigenvalue weighted by molar-refractivity contribution is 0.226. The van der Waals surface area contributed by atoms with Crippen LogP contribution in [0.4, 0.5) is 4.39 Å². The molecule has 1 fully saturated rings. The minimum absolute atomic E-state index is 0.191. The standard InChI is InChI=1S/C16H22BrClFN/c1-2-3-10-4-5-11(9-20)13(8-10)12-6-7-14(17)15(18)16(12)19/h6-7,10-11,13H,2-5,8-9,20H2,1H3. The summed E-state index contributed by atoms with van der Waals surface area (Å²) in [6.07, 6.45) is 5.76. The zero-order chi connectivity index (χ0) is 14.7. The van der Waals surface area contributed by atoms with Crippen molar-refractivity contribution in [2.45, 2.75) is 44.9 Å². The van der Waals surface area contributed by atoms with Crippen LogP contribution in [0.3, 0.4) is 0 Å². The van der Waals surface area contributed by atoms with Gasteiger partial charge in [0.25, 0.3) is 0 Å². The molecule has 0 bridgehead atoms. The van der Waals surface area contributed by atoms with Crippen LogP contribution in [0.5, 0.6) is 0 Å². The maximum absolute atomic E-state index is 14.5. The van der Waals surface area contributed by atoms with E-state index in [0.29, 0.717) is 22.9 Å². The molecule has 1 aliphatic rings. The second kappa shape index (κ2) is 7.24. The lowest BCUT2D eigenvalue weighted by Crippen LogP contribution is -2.29. The number of nitrogens with two attached hydrogens (primary N) is 1. The predicted octanol–water partition coefficient (Wildman–Crippen LogP) is 5.50. The van der Waals surface area contributed by atoms with Gasteiger partial charge in [0.2, 0.25) is 0 Å². The third kappa shape index (κ3) is 3.37. The van der Waals surface area contributed by atoms with Gasteiger partial charge in [0.1, 0.15) is 5.82 Å². The van der Waals surface area contributed by atoms with Gasteiger partial charge in [-0.25, -0.2) is 4.39 Å². The fourth-order valence-electron chi connectivity index (χ4n) is 3.48. The first-order chi connectivity index (χ1) is 9.58. The molecule has 1 nitrogen and oxygen atoms in total. The number of halogens is 3. The highest BCUT2D eigenvalue weighted by atomic mass is 79.9. The summed E-state index contributed by atoms with van der Waals surface area (Å²) < 4.78 is 15.1. The monoisotopic (exact) mass is 361 g/mol. The van der Waals surface area contributed by atoms with Crippen molar-refractivity contribution in [2.75, 3.05) is 6.54 Å². The molecule has 0 radical (unpaired) electrons. The fourth-order valence-corrected chi connectivity index (χ4v) is 3.96. The van der Waals surface area contributed by atoms with Crippen molar-refractivity contribution in [3.8, 4) is 0 Å². The van der Waals surface area contributed by atoms with Gasteiger partial charge in [0, 0.05) is 4.47 Å². The Morgan fingerprint density at radius 3 is 2.80 bits per heavy atom. The Hall–Kier alpha value is -0.120. The Bertz CT molecular complexity index is 466. The van der Waals surface area contributed by atoms with Crippen LogP contribution in [0, 0.1) is 17.7 Å². The van der Waals surface area contributed by atoms with E-state index in [4.69, 9.17) is 17.3 Å². The number of rotatable bonds is 4. The van der Waals surface area contributed by atoms with Crippen LogP contribution in [-0.2, 0) is 0 Å². The highest BCUT2D eigenvalue weighted by Gasteiger charge is 2.32. The average molecular weight is 363 g/mol. The van der Waals surface area contributed by atoms with E-state index in [1.165, 1.54) is 19.3 Å². The molecule has 2 N–H and O–H groups in total. The predicted molar refractivity (Wildman–Crippen MR) is 86.6 cm³/mol. The molecule has 0 spiro atoms. The highest BCUT2D eigenvalue weighted by Crippen LogP contribution is 2.44. The second-order valence-corrected chi connectivity index (χ2v) is 7.07. The Kier molecular flexibility index (Phi) is 5.88. The van der Waals surface area contributed by atoms with Crippen LogP contribution in [-0.4, -0.2) is 6.54 Å². The van der Waals surface area contributed by atoms with Crippen molar-refractivity contribution >= 4 is 27.5 Å². The van der Waals surface area contributed by atoms with Gasteiger partial charge in [-0.3, -0.25) is 0 Å². The molecule has 1 aromatic rings. The average Bonchev–Trinajstić information content (AvgIpc) is 2.45. The normalized spacial score (nSPS) is 26.8. The summed E-state index contributed by atoms with van der Waals surface area (Å²) in [5.41, 5.74) is 6.65. The number of benzene rings is 1. The molecule has 4 heteroatoms. The van der Waals surface area contributed by atoms with E-state index in [1.54, 1.807) is 0 Å². The quantitative estimate of drug-likeness (QED) is 0.703. The van der Waals surface area contributed by atoms with Gasteiger partial charge in [-0.1, -0.05) is 43.9 Å². The summed E-state index contributed by atoms with van der Waals surface area (Å²) in [6.45, 7) is 2.83. The molecular weight excluding hydrogens is 341 g/mol. The molecule has 3 unspecified atom stereocenters. The van der Waals surface area contributed by atoms with Gasteiger partial charge in [-0.15, -0.1) is 0 Å². The van der Waals surface area contributed by atoms with Crippen molar-refractivity contribution < 1.29 is 4.39 Å². The second-order valence-electron chi connectivity index (χ2n) is 5.83. The van der Waals surface area contributed by atoms with Crippen molar-refractivity contribution in [3.63, 3.8) is 0 Å². The van der Waals surface area contributed by atoms with Crippen LogP contribution >= 0.6 is 27.5 Å². The summed E-state index contributed by atoms with van der Waals surface area (Å²) in [4.78, 5) is 0. The molecule has 20 heavy (non-hydrogen) atoms. The maximum Gasteiger partial charge on any atom is 0.146 e. The highest BCUT2D eigenvalue weighted by molar-refractivity contribution is 9.10. The molecule has 3 atom stereocenters. The Balaban J connectivity index is 2.29. The van der Waals surface area contributed by atoms with Crippen LogP contribution in [0.2, 0.25) is 5.02 Å². The van der Waals surface area contributed by atoms with Crippen molar-refractivity contribution in [1.82, 2.24) is 0 Å². The minimum Gasteiger partial charge on any atom is -0.330 e. The molecular formula is C16H22BrClFN. The summed E-state index contributed by atoms with van der Waals surface area (Å²) in [7, 11) is 0. The number of hydrogen-bond acceptors (Lipinski definition) is 1. The van der Waals surface area contributed by atoms with E-state index < -0.39 is 0 Å². The van der Waals surface area contributed by atoms with E-state index in [9.17, 15) is 4.39 Å². The van der Waals surface area contributed by atoms with Crippen LogP contribution < -0.4 is 5.73 Å².